The second-order valence-electron chi connectivity index (χ2n) is 16.6. The van der Waals surface area contributed by atoms with Gasteiger partial charge in [0.1, 0.15) is 11.6 Å². The van der Waals surface area contributed by atoms with E-state index in [9.17, 15) is 42.7 Å². The molecule has 0 aliphatic heterocycles. The van der Waals surface area contributed by atoms with Gasteiger partial charge in [0, 0.05) is 54.1 Å². The Hall–Kier alpha value is -6.48. The minimum Gasteiger partial charge on any atom is -0.478 e. The van der Waals surface area contributed by atoms with Crippen LogP contribution in [0.1, 0.15) is 121 Å². The summed E-state index contributed by atoms with van der Waals surface area (Å²) in [5.74, 6) is -5.42. The van der Waals surface area contributed by atoms with Crippen LogP contribution >= 0.6 is 0 Å². The predicted molar refractivity (Wildman–Crippen MR) is 225 cm³/mol. The number of primary amides is 2. The van der Waals surface area contributed by atoms with Gasteiger partial charge >= 0.3 is 5.97 Å². The van der Waals surface area contributed by atoms with Gasteiger partial charge in [-0.15, -0.1) is 0 Å². The van der Waals surface area contributed by atoms with E-state index in [2.05, 4.69) is 16.0 Å². The number of aliphatic hydroxyl groups is 1. The first-order valence-corrected chi connectivity index (χ1v) is 19.0. The zero-order chi connectivity index (χ0) is 45.3. The smallest absolute Gasteiger partial charge is 0.335 e. The van der Waals surface area contributed by atoms with Crippen LogP contribution in [0, 0.1) is 36.3 Å². The SMILES string of the molecule is Cc1c(F)cc(C(=O)NCCCO)cc1-c1ccc(C(=O)NCC(C)(C)C)cc1C(N)=O.Cc1c(F)cc(C(=O)O)cc1-c1ccc(C(=O)NCC(C)(C)C)cc1C(N)=O. The fraction of sp³-hybridized carbons (Fsp3) is 0.333. The Balaban J connectivity index is 0.000000323. The number of amides is 5. The number of carbonyl (C=O) groups excluding carboxylic acids is 5. The molecule has 15 heteroatoms. The zero-order valence-corrected chi connectivity index (χ0v) is 35.1. The first-order chi connectivity index (χ1) is 27.8. The van der Waals surface area contributed by atoms with Gasteiger partial charge in [-0.3, -0.25) is 24.0 Å². The number of nitrogens with two attached hydrogens (primary N) is 2. The Morgan fingerprint density at radius 2 is 0.950 bits per heavy atom. The molecule has 0 saturated carbocycles. The summed E-state index contributed by atoms with van der Waals surface area (Å²) >= 11 is 0. The molecular weight excluding hydrogens is 777 g/mol. The van der Waals surface area contributed by atoms with E-state index in [-0.39, 0.29) is 91.4 Å². The van der Waals surface area contributed by atoms with Crippen molar-refractivity contribution in [3.8, 4) is 22.3 Å². The molecule has 0 aliphatic carbocycles. The molecule has 4 aromatic rings. The van der Waals surface area contributed by atoms with Gasteiger partial charge in [-0.05, 0) is 113 Å². The van der Waals surface area contributed by atoms with Crippen molar-refractivity contribution in [1.82, 2.24) is 16.0 Å². The summed E-state index contributed by atoms with van der Waals surface area (Å²) < 4.78 is 28.8. The number of carboxylic acids is 1. The van der Waals surface area contributed by atoms with Crippen LogP contribution in [-0.4, -0.2) is 72.0 Å². The van der Waals surface area contributed by atoms with Gasteiger partial charge in [0.25, 0.3) is 17.7 Å². The fourth-order valence-electron chi connectivity index (χ4n) is 5.70. The number of halogens is 2. The number of aliphatic hydroxyl groups excluding tert-OH is 1. The Bertz CT molecular complexity index is 2310. The van der Waals surface area contributed by atoms with E-state index in [0.29, 0.717) is 30.6 Å². The van der Waals surface area contributed by atoms with Gasteiger partial charge in [-0.2, -0.15) is 0 Å². The Morgan fingerprint density at radius 3 is 1.32 bits per heavy atom. The van der Waals surface area contributed by atoms with Gasteiger partial charge in [-0.1, -0.05) is 53.7 Å². The molecular formula is C45H53F2N5O8. The van der Waals surface area contributed by atoms with Crippen LogP contribution in [-0.2, 0) is 0 Å². The van der Waals surface area contributed by atoms with Crippen molar-refractivity contribution in [3.63, 3.8) is 0 Å². The van der Waals surface area contributed by atoms with Crippen molar-refractivity contribution in [2.75, 3.05) is 26.2 Å². The molecule has 9 N–H and O–H groups in total. The summed E-state index contributed by atoms with van der Waals surface area (Å²) in [7, 11) is 0. The molecule has 0 radical (unpaired) electrons. The second-order valence-corrected chi connectivity index (χ2v) is 16.6. The van der Waals surface area contributed by atoms with E-state index in [1.165, 1.54) is 62.4 Å². The topological polar surface area (TPSA) is 231 Å². The highest BCUT2D eigenvalue weighted by molar-refractivity contribution is 6.06. The lowest BCUT2D eigenvalue weighted by Gasteiger charge is -2.19. The summed E-state index contributed by atoms with van der Waals surface area (Å²) in [6.45, 7) is 15.9. The Kier molecular flexibility index (Phi) is 16.0. The number of hydrogen-bond acceptors (Lipinski definition) is 7. The third-order valence-electron chi connectivity index (χ3n) is 9.05. The standard InChI is InChI=1S/C24H30FN3O4.C21H23FN2O4/c1-14-18(11-16(12-20(14)25)23(32)27-8-5-9-29)17-7-6-15(10-19(17)21(26)30)22(31)28-13-24(2,3)4;1-11-15(8-13(20(27)28)9-17(11)22)14-6-5-12(7-16(14)18(23)25)19(26)24-10-21(2,3)4/h6-7,10-12,29H,5,8-9,13H2,1-4H3,(H2,26,30)(H,27,32)(H,28,31);5-9H,10H2,1-4H3,(H2,23,25)(H,24,26)(H,27,28). The summed E-state index contributed by atoms with van der Waals surface area (Å²) in [6, 6.07) is 13.5. The summed E-state index contributed by atoms with van der Waals surface area (Å²) in [5.41, 5.74) is 12.7. The van der Waals surface area contributed by atoms with E-state index in [4.69, 9.17) is 16.6 Å². The van der Waals surface area contributed by atoms with Crippen molar-refractivity contribution in [2.45, 2.75) is 61.8 Å². The molecule has 13 nitrogen and oxygen atoms in total. The Labute approximate surface area is 347 Å². The molecule has 0 unspecified atom stereocenters. The minimum atomic E-state index is -1.29. The van der Waals surface area contributed by atoms with Crippen LogP contribution < -0.4 is 27.4 Å². The maximum Gasteiger partial charge on any atom is 0.335 e. The molecule has 60 heavy (non-hydrogen) atoms. The largest absolute Gasteiger partial charge is 0.478 e. The monoisotopic (exact) mass is 829 g/mol. The van der Waals surface area contributed by atoms with Crippen molar-refractivity contribution < 1.29 is 47.8 Å². The lowest BCUT2D eigenvalue weighted by atomic mass is 9.92. The number of carbonyl (C=O) groups is 6. The molecule has 0 heterocycles. The highest BCUT2D eigenvalue weighted by Gasteiger charge is 2.22. The molecule has 4 aromatic carbocycles. The lowest BCUT2D eigenvalue weighted by Crippen LogP contribution is -2.32. The molecule has 0 bridgehead atoms. The highest BCUT2D eigenvalue weighted by atomic mass is 19.1. The highest BCUT2D eigenvalue weighted by Crippen LogP contribution is 2.32. The number of rotatable bonds is 13. The number of aromatic carboxylic acids is 1. The number of benzene rings is 4. The molecule has 0 spiro atoms. The molecule has 0 atom stereocenters. The summed E-state index contributed by atoms with van der Waals surface area (Å²) in [6.07, 6.45) is 0.373. The van der Waals surface area contributed by atoms with Crippen molar-refractivity contribution in [3.05, 3.63) is 117 Å². The minimum absolute atomic E-state index is 0.00782. The molecule has 5 amide bonds. The van der Waals surface area contributed by atoms with Crippen LogP contribution in [0.5, 0.6) is 0 Å². The average molecular weight is 830 g/mol. The zero-order valence-electron chi connectivity index (χ0n) is 35.1. The van der Waals surface area contributed by atoms with E-state index in [0.717, 1.165) is 12.1 Å². The second kappa shape index (κ2) is 20.0. The van der Waals surface area contributed by atoms with Crippen LogP contribution in [0.4, 0.5) is 8.78 Å². The summed E-state index contributed by atoms with van der Waals surface area (Å²) in [5, 5.41) is 26.2. The average Bonchev–Trinajstić information content (AvgIpc) is 3.17. The van der Waals surface area contributed by atoms with Gasteiger partial charge in [0.2, 0.25) is 11.8 Å². The third-order valence-corrected chi connectivity index (χ3v) is 9.05. The number of nitrogens with one attached hydrogen (secondary N) is 3. The van der Waals surface area contributed by atoms with Crippen LogP contribution in [0.3, 0.4) is 0 Å². The predicted octanol–water partition coefficient (Wildman–Crippen LogP) is 6.16. The molecule has 320 valence electrons. The van der Waals surface area contributed by atoms with Crippen LogP contribution in [0.2, 0.25) is 0 Å². The van der Waals surface area contributed by atoms with E-state index >= 15 is 0 Å². The van der Waals surface area contributed by atoms with E-state index in [1.807, 2.05) is 41.5 Å². The Morgan fingerprint density at radius 1 is 0.567 bits per heavy atom. The maximum absolute atomic E-state index is 14.6. The van der Waals surface area contributed by atoms with Gasteiger partial charge in [0.05, 0.1) is 5.56 Å². The summed E-state index contributed by atoms with van der Waals surface area (Å²) in [4.78, 5) is 72.7. The van der Waals surface area contributed by atoms with Crippen LogP contribution in [0.15, 0.2) is 60.7 Å². The normalized spacial score (nSPS) is 11.2. The first-order valence-electron chi connectivity index (χ1n) is 19.0. The van der Waals surface area contributed by atoms with Gasteiger partial charge < -0.3 is 37.6 Å². The quantitative estimate of drug-likeness (QED) is 0.0770. The molecule has 4 rings (SSSR count). The van der Waals surface area contributed by atoms with E-state index in [1.54, 1.807) is 0 Å². The molecule has 0 aliphatic rings. The maximum atomic E-state index is 14.6. The first kappa shape index (κ1) is 47.9. The van der Waals surface area contributed by atoms with E-state index < -0.39 is 35.3 Å². The van der Waals surface area contributed by atoms with Crippen molar-refractivity contribution >= 4 is 35.5 Å². The molecule has 0 aromatic heterocycles. The lowest BCUT2D eigenvalue weighted by molar-refractivity contribution is 0.0695. The van der Waals surface area contributed by atoms with Crippen molar-refractivity contribution in [2.24, 2.45) is 22.3 Å². The number of carboxylic acid groups (broad SMARTS) is 1. The van der Waals surface area contributed by atoms with Crippen molar-refractivity contribution in [1.29, 1.82) is 0 Å². The number of hydrogen-bond donors (Lipinski definition) is 7. The van der Waals surface area contributed by atoms with Gasteiger partial charge in [0.15, 0.2) is 0 Å². The fourth-order valence-corrected chi connectivity index (χ4v) is 5.70. The third kappa shape index (κ3) is 13.0. The molecule has 0 fully saturated rings. The van der Waals surface area contributed by atoms with Gasteiger partial charge in [-0.25, -0.2) is 13.6 Å². The molecule has 0 saturated heterocycles. The van der Waals surface area contributed by atoms with Crippen LogP contribution in [0.25, 0.3) is 22.3 Å².